The van der Waals surface area contributed by atoms with Crippen molar-refractivity contribution < 1.29 is 0 Å². The smallest absolute Gasteiger partial charge is 0.105 e. The van der Waals surface area contributed by atoms with Gasteiger partial charge in [-0.2, -0.15) is 0 Å². The molecule has 2 aromatic rings. The summed E-state index contributed by atoms with van der Waals surface area (Å²) < 4.78 is 2.19. The van der Waals surface area contributed by atoms with Crippen LogP contribution < -0.4 is 0 Å². The van der Waals surface area contributed by atoms with Crippen molar-refractivity contribution in [2.75, 3.05) is 19.8 Å². The molecule has 3 nitrogen and oxygen atoms in total. The molecule has 0 radical (unpaired) electrons. The van der Waals surface area contributed by atoms with Gasteiger partial charge in [0, 0.05) is 36.9 Å². The third kappa shape index (κ3) is 3.85. The second kappa shape index (κ2) is 6.78. The van der Waals surface area contributed by atoms with Crippen molar-refractivity contribution in [3.05, 3.63) is 48.0 Å². The molecule has 0 saturated carbocycles. The topological polar surface area (TPSA) is 21.1 Å². The molecule has 0 spiro atoms. The van der Waals surface area contributed by atoms with Gasteiger partial charge in [-0.1, -0.05) is 18.2 Å². The molecule has 1 heterocycles. The van der Waals surface area contributed by atoms with Gasteiger partial charge in [-0.05, 0) is 31.9 Å². The lowest BCUT2D eigenvalue weighted by Gasteiger charge is -2.19. The van der Waals surface area contributed by atoms with Gasteiger partial charge in [0.25, 0.3) is 0 Å². The van der Waals surface area contributed by atoms with Crippen LogP contribution >= 0.6 is 11.8 Å². The Hall–Kier alpha value is -1.26. The first-order valence-corrected chi connectivity index (χ1v) is 7.71. The standard InChI is InChI=1S/C15H21N3S/c1-13-16-8-9-18(13)11-10-17(2)12-14-6-4-5-7-15(14)19-3/h4-9H,10-12H2,1-3H3. The summed E-state index contributed by atoms with van der Waals surface area (Å²) in [4.78, 5) is 7.97. The molecule has 2 rings (SSSR count). The van der Waals surface area contributed by atoms with E-state index in [4.69, 9.17) is 0 Å². The zero-order valence-electron chi connectivity index (χ0n) is 11.8. The second-order valence-corrected chi connectivity index (χ2v) is 5.57. The van der Waals surface area contributed by atoms with E-state index in [1.165, 1.54) is 10.5 Å². The number of aromatic nitrogens is 2. The molecule has 0 aliphatic carbocycles. The highest BCUT2D eigenvalue weighted by molar-refractivity contribution is 7.98. The summed E-state index contributed by atoms with van der Waals surface area (Å²) in [7, 11) is 2.17. The number of rotatable bonds is 6. The Balaban J connectivity index is 1.90. The molecule has 0 amide bonds. The largest absolute Gasteiger partial charge is 0.334 e. The van der Waals surface area contributed by atoms with Gasteiger partial charge >= 0.3 is 0 Å². The van der Waals surface area contributed by atoms with Crippen molar-refractivity contribution in [3.63, 3.8) is 0 Å². The Labute approximate surface area is 119 Å². The quantitative estimate of drug-likeness (QED) is 0.756. The fourth-order valence-electron chi connectivity index (χ4n) is 2.12. The van der Waals surface area contributed by atoms with Crippen LogP contribution in [-0.4, -0.2) is 34.3 Å². The lowest BCUT2D eigenvalue weighted by molar-refractivity contribution is 0.308. The molecule has 102 valence electrons. The number of hydrogen-bond donors (Lipinski definition) is 0. The maximum atomic E-state index is 4.25. The third-order valence-corrected chi connectivity index (χ3v) is 4.12. The molecule has 0 N–H and O–H groups in total. The first-order chi connectivity index (χ1) is 9.20. The highest BCUT2D eigenvalue weighted by Gasteiger charge is 2.05. The van der Waals surface area contributed by atoms with E-state index >= 15 is 0 Å². The Kier molecular flexibility index (Phi) is 5.05. The fourth-order valence-corrected chi connectivity index (χ4v) is 2.73. The van der Waals surface area contributed by atoms with Gasteiger partial charge in [-0.3, -0.25) is 0 Å². The van der Waals surface area contributed by atoms with Crippen LogP contribution in [0.3, 0.4) is 0 Å². The molecule has 0 bridgehead atoms. The minimum atomic E-state index is 0.990. The minimum Gasteiger partial charge on any atom is -0.334 e. The summed E-state index contributed by atoms with van der Waals surface area (Å²) >= 11 is 1.81. The van der Waals surface area contributed by atoms with Crippen molar-refractivity contribution in [1.29, 1.82) is 0 Å². The predicted octanol–water partition coefficient (Wildman–Crippen LogP) is 3.05. The fraction of sp³-hybridized carbons (Fsp3) is 0.400. The van der Waals surface area contributed by atoms with Crippen LogP contribution in [-0.2, 0) is 13.1 Å². The van der Waals surface area contributed by atoms with Crippen LogP contribution in [0, 0.1) is 6.92 Å². The second-order valence-electron chi connectivity index (χ2n) is 4.72. The van der Waals surface area contributed by atoms with Crippen LogP contribution in [0.1, 0.15) is 11.4 Å². The van der Waals surface area contributed by atoms with Gasteiger partial charge in [0.15, 0.2) is 0 Å². The first-order valence-electron chi connectivity index (χ1n) is 6.49. The van der Waals surface area contributed by atoms with Crippen LogP contribution in [0.15, 0.2) is 41.6 Å². The maximum absolute atomic E-state index is 4.25. The van der Waals surface area contributed by atoms with Gasteiger partial charge in [0.05, 0.1) is 0 Å². The van der Waals surface area contributed by atoms with Crippen LogP contribution in [0.2, 0.25) is 0 Å². The molecule has 0 fully saturated rings. The average Bonchev–Trinajstić information content (AvgIpc) is 2.82. The number of hydrogen-bond acceptors (Lipinski definition) is 3. The highest BCUT2D eigenvalue weighted by Crippen LogP contribution is 2.20. The van der Waals surface area contributed by atoms with E-state index in [9.17, 15) is 0 Å². The van der Waals surface area contributed by atoms with E-state index in [-0.39, 0.29) is 0 Å². The molecule has 0 aliphatic rings. The molecule has 1 aromatic heterocycles. The van der Waals surface area contributed by atoms with Crippen molar-refractivity contribution in [2.45, 2.75) is 24.9 Å². The molecule has 0 unspecified atom stereocenters. The van der Waals surface area contributed by atoms with E-state index in [0.717, 1.165) is 25.5 Å². The number of aryl methyl sites for hydroxylation is 1. The number of imidazole rings is 1. The molecule has 4 heteroatoms. The normalized spacial score (nSPS) is 11.2. The summed E-state index contributed by atoms with van der Waals surface area (Å²) in [5, 5.41) is 0. The summed E-state index contributed by atoms with van der Waals surface area (Å²) in [5.41, 5.74) is 1.40. The lowest BCUT2D eigenvalue weighted by atomic mass is 10.2. The number of likely N-dealkylation sites (N-methyl/N-ethyl adjacent to an activating group) is 1. The Bertz CT molecular complexity index is 522. The van der Waals surface area contributed by atoms with Crippen LogP contribution in [0.25, 0.3) is 0 Å². The Morgan fingerprint density at radius 1 is 1.32 bits per heavy atom. The van der Waals surface area contributed by atoms with Gasteiger partial charge in [0.1, 0.15) is 5.82 Å². The van der Waals surface area contributed by atoms with Crippen LogP contribution in [0.5, 0.6) is 0 Å². The van der Waals surface area contributed by atoms with Crippen molar-refractivity contribution in [3.8, 4) is 0 Å². The van der Waals surface area contributed by atoms with Crippen molar-refractivity contribution in [1.82, 2.24) is 14.5 Å². The molecule has 19 heavy (non-hydrogen) atoms. The van der Waals surface area contributed by atoms with E-state index in [0.29, 0.717) is 0 Å². The zero-order chi connectivity index (χ0) is 13.7. The summed E-state index contributed by atoms with van der Waals surface area (Å²) in [6.45, 7) is 5.05. The molecule has 0 saturated heterocycles. The average molecular weight is 275 g/mol. The number of thioether (sulfide) groups is 1. The molecule has 0 aliphatic heterocycles. The van der Waals surface area contributed by atoms with Crippen molar-refractivity contribution in [2.24, 2.45) is 0 Å². The Morgan fingerprint density at radius 2 is 2.11 bits per heavy atom. The Morgan fingerprint density at radius 3 is 2.79 bits per heavy atom. The summed E-state index contributed by atoms with van der Waals surface area (Å²) in [5.74, 6) is 1.08. The number of benzene rings is 1. The van der Waals surface area contributed by atoms with E-state index < -0.39 is 0 Å². The lowest BCUT2D eigenvalue weighted by Crippen LogP contribution is -2.23. The van der Waals surface area contributed by atoms with E-state index in [1.807, 2.05) is 31.1 Å². The maximum Gasteiger partial charge on any atom is 0.105 e. The molecule has 0 atom stereocenters. The van der Waals surface area contributed by atoms with Gasteiger partial charge in [-0.25, -0.2) is 4.98 Å². The van der Waals surface area contributed by atoms with E-state index in [1.54, 1.807) is 0 Å². The summed E-state index contributed by atoms with van der Waals surface area (Å²) in [6.07, 6.45) is 6.03. The van der Waals surface area contributed by atoms with Crippen molar-refractivity contribution >= 4 is 11.8 Å². The van der Waals surface area contributed by atoms with Crippen LogP contribution in [0.4, 0.5) is 0 Å². The SMILES string of the molecule is CSc1ccccc1CN(C)CCn1ccnc1C. The van der Waals surface area contributed by atoms with Gasteiger partial charge in [0.2, 0.25) is 0 Å². The molecule has 1 aromatic carbocycles. The van der Waals surface area contributed by atoms with E-state index in [2.05, 4.69) is 52.0 Å². The third-order valence-electron chi connectivity index (χ3n) is 3.28. The monoisotopic (exact) mass is 275 g/mol. The zero-order valence-corrected chi connectivity index (χ0v) is 12.7. The predicted molar refractivity (Wildman–Crippen MR) is 81.5 cm³/mol. The van der Waals surface area contributed by atoms with Gasteiger partial charge in [-0.15, -0.1) is 11.8 Å². The summed E-state index contributed by atoms with van der Waals surface area (Å²) in [6, 6.07) is 8.62. The minimum absolute atomic E-state index is 0.990. The highest BCUT2D eigenvalue weighted by atomic mass is 32.2. The molecular weight excluding hydrogens is 254 g/mol. The number of nitrogens with zero attached hydrogens (tertiary/aromatic N) is 3. The van der Waals surface area contributed by atoms with Gasteiger partial charge < -0.3 is 9.47 Å². The molecular formula is C15H21N3S. The first kappa shape index (κ1) is 14.2.